The number of hydrogen-bond acceptors (Lipinski definition) is 7. The molecule has 4 rings (SSSR count). The molecule has 1 fully saturated rings. The van der Waals surface area contributed by atoms with Gasteiger partial charge in [-0.1, -0.05) is 36.0 Å². The average Bonchev–Trinajstić information content (AvgIpc) is 3.29. The number of methoxy groups -OCH3 is 1. The molecule has 10 heteroatoms. The van der Waals surface area contributed by atoms with Gasteiger partial charge in [-0.05, 0) is 37.1 Å². The number of anilines is 1. The summed E-state index contributed by atoms with van der Waals surface area (Å²) in [7, 11) is 3.52. The third-order valence-corrected chi connectivity index (χ3v) is 6.95. The van der Waals surface area contributed by atoms with E-state index in [0.29, 0.717) is 16.4 Å². The summed E-state index contributed by atoms with van der Waals surface area (Å²) >= 11 is 1.30. The highest BCUT2D eigenvalue weighted by Crippen LogP contribution is 2.22. The van der Waals surface area contributed by atoms with Gasteiger partial charge in [0.25, 0.3) is 5.91 Å². The number of carbonyl (C=O) groups excluding carboxylic acids is 2. The van der Waals surface area contributed by atoms with E-state index in [1.54, 1.807) is 42.3 Å². The molecule has 2 N–H and O–H groups in total. The SMILES string of the molecule is COc1ccccc1CN1CCC(NC(=O)c2cccc(NC(=O)CSc3nncn3C)c2)CC1. The summed E-state index contributed by atoms with van der Waals surface area (Å²) in [5, 5.41) is 14.4. The van der Waals surface area contributed by atoms with Crippen molar-refractivity contribution in [3.8, 4) is 5.75 Å². The number of hydrogen-bond donors (Lipinski definition) is 2. The molecule has 2 aromatic carbocycles. The number of ether oxygens (including phenoxy) is 1. The van der Waals surface area contributed by atoms with Crippen LogP contribution in [-0.2, 0) is 18.4 Å². The smallest absolute Gasteiger partial charge is 0.251 e. The van der Waals surface area contributed by atoms with Gasteiger partial charge in [0.2, 0.25) is 5.91 Å². The van der Waals surface area contributed by atoms with Gasteiger partial charge in [0.15, 0.2) is 5.16 Å². The zero-order valence-electron chi connectivity index (χ0n) is 19.9. The van der Waals surface area contributed by atoms with E-state index in [2.05, 4.69) is 31.8 Å². The van der Waals surface area contributed by atoms with E-state index in [0.717, 1.165) is 38.2 Å². The molecule has 9 nitrogen and oxygen atoms in total. The second-order valence-electron chi connectivity index (χ2n) is 8.48. The van der Waals surface area contributed by atoms with E-state index >= 15 is 0 Å². The first-order valence-electron chi connectivity index (χ1n) is 11.5. The molecule has 0 bridgehead atoms. The molecular formula is C25H30N6O3S. The van der Waals surface area contributed by atoms with Crippen molar-refractivity contribution in [3.05, 3.63) is 66.0 Å². The van der Waals surface area contributed by atoms with Crippen LogP contribution in [0.5, 0.6) is 5.75 Å². The summed E-state index contributed by atoms with van der Waals surface area (Å²) in [4.78, 5) is 27.6. The van der Waals surface area contributed by atoms with Crippen LogP contribution in [0.25, 0.3) is 0 Å². The third-order valence-electron chi connectivity index (χ3n) is 5.92. The molecule has 0 spiro atoms. The predicted molar refractivity (Wildman–Crippen MR) is 136 cm³/mol. The normalized spacial score (nSPS) is 14.5. The fourth-order valence-corrected chi connectivity index (χ4v) is 4.74. The number of rotatable bonds is 9. The number of para-hydroxylation sites is 1. The zero-order chi connectivity index (χ0) is 24.6. The summed E-state index contributed by atoms with van der Waals surface area (Å²) in [6, 6.07) is 15.2. The summed E-state index contributed by atoms with van der Waals surface area (Å²) in [5.41, 5.74) is 2.29. The molecule has 0 atom stereocenters. The number of aryl methyl sites for hydroxylation is 1. The van der Waals surface area contributed by atoms with Crippen LogP contribution in [0.1, 0.15) is 28.8 Å². The van der Waals surface area contributed by atoms with Gasteiger partial charge in [-0.3, -0.25) is 14.5 Å². The Hall–Kier alpha value is -3.37. The van der Waals surface area contributed by atoms with Crippen LogP contribution in [0.4, 0.5) is 5.69 Å². The second kappa shape index (κ2) is 11.9. The van der Waals surface area contributed by atoms with Gasteiger partial charge in [0, 0.05) is 49.5 Å². The van der Waals surface area contributed by atoms with Crippen LogP contribution in [0.2, 0.25) is 0 Å². The van der Waals surface area contributed by atoms with Crippen LogP contribution in [0.3, 0.4) is 0 Å². The van der Waals surface area contributed by atoms with Crippen LogP contribution in [0, 0.1) is 0 Å². The summed E-state index contributed by atoms with van der Waals surface area (Å²) in [6.07, 6.45) is 3.36. The Morgan fingerprint density at radius 3 is 2.69 bits per heavy atom. The fraction of sp³-hybridized carbons (Fsp3) is 0.360. The fourth-order valence-electron chi connectivity index (χ4n) is 4.05. The molecular weight excluding hydrogens is 464 g/mol. The van der Waals surface area contributed by atoms with Crippen molar-refractivity contribution < 1.29 is 14.3 Å². The maximum atomic E-state index is 12.8. The second-order valence-corrected chi connectivity index (χ2v) is 9.42. The quantitative estimate of drug-likeness (QED) is 0.441. The Morgan fingerprint density at radius 2 is 1.94 bits per heavy atom. The lowest BCUT2D eigenvalue weighted by atomic mass is 10.0. The minimum Gasteiger partial charge on any atom is -0.496 e. The van der Waals surface area contributed by atoms with E-state index in [9.17, 15) is 9.59 Å². The monoisotopic (exact) mass is 494 g/mol. The minimum absolute atomic E-state index is 0.123. The molecule has 3 aromatic rings. The highest BCUT2D eigenvalue weighted by Gasteiger charge is 2.22. The molecule has 1 aromatic heterocycles. The number of nitrogens with zero attached hydrogens (tertiary/aromatic N) is 4. The molecule has 2 amide bonds. The number of carbonyl (C=O) groups is 2. The largest absolute Gasteiger partial charge is 0.496 e. The number of aromatic nitrogens is 3. The first-order chi connectivity index (χ1) is 17.0. The Balaban J connectivity index is 1.24. The van der Waals surface area contributed by atoms with Gasteiger partial charge in [-0.25, -0.2) is 0 Å². The molecule has 0 radical (unpaired) electrons. The average molecular weight is 495 g/mol. The van der Waals surface area contributed by atoms with Gasteiger partial charge in [0.1, 0.15) is 12.1 Å². The molecule has 0 aliphatic carbocycles. The van der Waals surface area contributed by atoms with Crippen molar-refractivity contribution in [1.29, 1.82) is 0 Å². The van der Waals surface area contributed by atoms with Gasteiger partial charge in [-0.15, -0.1) is 10.2 Å². The molecule has 1 aliphatic heterocycles. The number of thioether (sulfide) groups is 1. The van der Waals surface area contributed by atoms with Crippen molar-refractivity contribution in [1.82, 2.24) is 25.0 Å². The lowest BCUT2D eigenvalue weighted by Crippen LogP contribution is -2.44. The van der Waals surface area contributed by atoms with Crippen molar-refractivity contribution in [2.45, 2.75) is 30.6 Å². The minimum atomic E-state index is -0.169. The summed E-state index contributed by atoms with van der Waals surface area (Å²) in [5.74, 6) is 0.814. The van der Waals surface area contributed by atoms with E-state index in [1.165, 1.54) is 17.3 Å². The van der Waals surface area contributed by atoms with Crippen molar-refractivity contribution in [3.63, 3.8) is 0 Å². The number of benzene rings is 2. The molecule has 1 saturated heterocycles. The Kier molecular flexibility index (Phi) is 8.38. The lowest BCUT2D eigenvalue weighted by molar-refractivity contribution is -0.113. The van der Waals surface area contributed by atoms with Crippen molar-refractivity contribution in [2.75, 3.05) is 31.3 Å². The maximum absolute atomic E-state index is 12.8. The molecule has 35 heavy (non-hydrogen) atoms. The van der Waals surface area contributed by atoms with Gasteiger partial charge in [0.05, 0.1) is 12.9 Å². The van der Waals surface area contributed by atoms with Crippen molar-refractivity contribution >= 4 is 29.3 Å². The van der Waals surface area contributed by atoms with E-state index in [1.807, 2.05) is 25.2 Å². The molecule has 184 valence electrons. The van der Waals surface area contributed by atoms with Crippen molar-refractivity contribution in [2.24, 2.45) is 7.05 Å². The number of amides is 2. The lowest BCUT2D eigenvalue weighted by Gasteiger charge is -2.32. The molecule has 1 aliphatic rings. The highest BCUT2D eigenvalue weighted by atomic mass is 32.2. The van der Waals surface area contributed by atoms with Crippen LogP contribution in [-0.4, -0.2) is 63.5 Å². The maximum Gasteiger partial charge on any atom is 0.251 e. The molecule has 0 unspecified atom stereocenters. The van der Waals surface area contributed by atoms with Gasteiger partial charge in [-0.2, -0.15) is 0 Å². The Morgan fingerprint density at radius 1 is 1.14 bits per heavy atom. The van der Waals surface area contributed by atoms with E-state index in [-0.39, 0.29) is 23.6 Å². The molecule has 0 saturated carbocycles. The Bertz CT molecular complexity index is 1160. The molecule has 2 heterocycles. The number of likely N-dealkylation sites (tertiary alicyclic amines) is 1. The van der Waals surface area contributed by atoms with Gasteiger partial charge < -0.3 is 19.9 Å². The summed E-state index contributed by atoms with van der Waals surface area (Å²) < 4.78 is 7.22. The van der Waals surface area contributed by atoms with Gasteiger partial charge >= 0.3 is 0 Å². The van der Waals surface area contributed by atoms with E-state index in [4.69, 9.17) is 4.74 Å². The first kappa shape index (κ1) is 24.7. The first-order valence-corrected chi connectivity index (χ1v) is 12.5. The summed E-state index contributed by atoms with van der Waals surface area (Å²) in [6.45, 7) is 2.64. The van der Waals surface area contributed by atoms with Crippen LogP contribution < -0.4 is 15.4 Å². The standard InChI is InChI=1S/C25H30N6O3S/c1-30-17-26-29-25(30)35-16-23(32)27-21-8-5-7-18(14-21)24(33)28-20-10-12-31(13-11-20)15-19-6-3-4-9-22(19)34-2/h3-9,14,17,20H,10-13,15-16H2,1-2H3,(H,27,32)(H,28,33). The zero-order valence-corrected chi connectivity index (χ0v) is 20.8. The predicted octanol–water partition coefficient (Wildman–Crippen LogP) is 2.95. The van der Waals surface area contributed by atoms with E-state index < -0.39 is 0 Å². The Labute approximate surface area is 209 Å². The van der Waals surface area contributed by atoms with Crippen LogP contribution >= 0.6 is 11.8 Å². The third kappa shape index (κ3) is 6.83. The number of piperidine rings is 1. The highest BCUT2D eigenvalue weighted by molar-refractivity contribution is 7.99. The number of nitrogens with one attached hydrogen (secondary N) is 2. The van der Waals surface area contributed by atoms with Crippen LogP contribution in [0.15, 0.2) is 60.0 Å². The topological polar surface area (TPSA) is 101 Å².